The molecule has 0 fully saturated rings. The quantitative estimate of drug-likeness (QED) is 0.354. The van der Waals surface area contributed by atoms with Crippen LogP contribution in [0.25, 0.3) is 0 Å². The molecule has 0 aliphatic carbocycles. The zero-order valence-corrected chi connectivity index (χ0v) is 18.1. The summed E-state index contributed by atoms with van der Waals surface area (Å²) in [5.74, 6) is 2.00. The van der Waals surface area contributed by atoms with Gasteiger partial charge in [-0.25, -0.2) is 5.43 Å². The molecule has 0 spiro atoms. The molecule has 0 heterocycles. The first-order chi connectivity index (χ1) is 13.4. The maximum atomic E-state index is 12.2. The molecule has 0 aliphatic rings. The molecule has 0 saturated carbocycles. The van der Waals surface area contributed by atoms with Crippen LogP contribution < -0.4 is 14.9 Å². The van der Waals surface area contributed by atoms with Gasteiger partial charge in [0, 0.05) is 9.92 Å². The second-order valence-corrected chi connectivity index (χ2v) is 7.97. The summed E-state index contributed by atoms with van der Waals surface area (Å²) in [6.07, 6.45) is 1.83. The van der Waals surface area contributed by atoms with Crippen molar-refractivity contribution in [2.75, 3.05) is 12.9 Å². The fraction of sp³-hybridized carbons (Fsp3) is 0.333. The number of hydrogen-bond donors (Lipinski definition) is 1. The van der Waals surface area contributed by atoms with Gasteiger partial charge in [0.15, 0.2) is 11.5 Å². The highest BCUT2D eigenvalue weighted by molar-refractivity contribution is 7.99. The number of nitrogens with one attached hydrogen (secondary N) is 1. The van der Waals surface area contributed by atoms with E-state index in [9.17, 15) is 4.79 Å². The van der Waals surface area contributed by atoms with Crippen molar-refractivity contribution in [2.24, 2.45) is 5.10 Å². The Hall–Kier alpha value is -2.18. The highest BCUT2D eigenvalue weighted by atomic mass is 35.5. The molecule has 2 rings (SSSR count). The van der Waals surface area contributed by atoms with Crippen molar-refractivity contribution in [3.05, 3.63) is 52.5 Å². The lowest BCUT2D eigenvalue weighted by Gasteiger charge is -2.13. The first-order valence-electron chi connectivity index (χ1n) is 9.00. The smallest absolute Gasteiger partial charge is 0.244 e. The van der Waals surface area contributed by atoms with Gasteiger partial charge in [-0.1, -0.05) is 18.5 Å². The molecule has 0 aromatic heterocycles. The minimum absolute atomic E-state index is 0.0509. The molecule has 0 atom stereocenters. The van der Waals surface area contributed by atoms with Crippen LogP contribution in [-0.2, 0) is 11.2 Å². The van der Waals surface area contributed by atoms with Crippen LogP contribution >= 0.6 is 23.4 Å². The van der Waals surface area contributed by atoms with E-state index in [1.807, 2.05) is 44.2 Å². The zero-order chi connectivity index (χ0) is 20.5. The van der Waals surface area contributed by atoms with Gasteiger partial charge in [0.05, 0.1) is 25.8 Å². The molecule has 5 nitrogen and oxygen atoms in total. The summed E-state index contributed by atoms with van der Waals surface area (Å²) < 4.78 is 11.0. The van der Waals surface area contributed by atoms with Gasteiger partial charge in [-0.3, -0.25) is 4.79 Å². The molecule has 0 radical (unpaired) electrons. The zero-order valence-electron chi connectivity index (χ0n) is 16.5. The lowest BCUT2D eigenvalue weighted by atomic mass is 10.1. The van der Waals surface area contributed by atoms with Gasteiger partial charge in [0.2, 0.25) is 5.91 Å². The van der Waals surface area contributed by atoms with Gasteiger partial charge < -0.3 is 9.47 Å². The molecule has 0 saturated heterocycles. The van der Waals surface area contributed by atoms with E-state index in [0.717, 1.165) is 21.8 Å². The molecular weight excluding hydrogens is 396 g/mol. The Kier molecular flexibility index (Phi) is 8.67. The molecule has 2 aromatic carbocycles. The topological polar surface area (TPSA) is 59.9 Å². The Labute approximate surface area is 175 Å². The van der Waals surface area contributed by atoms with Crippen LogP contribution in [0.5, 0.6) is 11.5 Å². The summed E-state index contributed by atoms with van der Waals surface area (Å²) in [5, 5.41) is 4.65. The van der Waals surface area contributed by atoms with E-state index in [1.165, 1.54) is 0 Å². The van der Waals surface area contributed by atoms with Gasteiger partial charge in [-0.15, -0.1) is 11.8 Å². The van der Waals surface area contributed by atoms with E-state index in [2.05, 4.69) is 17.5 Å². The van der Waals surface area contributed by atoms with E-state index >= 15 is 0 Å². The predicted octanol–water partition coefficient (Wildman–Crippen LogP) is 4.94. The molecule has 28 heavy (non-hydrogen) atoms. The second-order valence-electron chi connectivity index (χ2n) is 6.23. The fourth-order valence-electron chi connectivity index (χ4n) is 2.49. The Morgan fingerprint density at radius 2 is 2.04 bits per heavy atom. The van der Waals surface area contributed by atoms with Crippen molar-refractivity contribution in [1.82, 2.24) is 5.43 Å². The van der Waals surface area contributed by atoms with E-state index in [4.69, 9.17) is 21.1 Å². The largest absolute Gasteiger partial charge is 0.493 e. The van der Waals surface area contributed by atoms with Crippen molar-refractivity contribution in [3.8, 4) is 11.5 Å². The summed E-state index contributed by atoms with van der Waals surface area (Å²) in [6.45, 7) is 5.97. The molecule has 2 aromatic rings. The van der Waals surface area contributed by atoms with Crippen LogP contribution in [0.3, 0.4) is 0 Å². The SMILES string of the molecule is CCSc1ccc(Cl)cc1CC(=O)N/N=C\c1ccc(OC(C)C)c(OC)c1. The van der Waals surface area contributed by atoms with Crippen LogP contribution in [0.1, 0.15) is 31.9 Å². The Bertz CT molecular complexity index is 840. The minimum atomic E-state index is -0.205. The summed E-state index contributed by atoms with van der Waals surface area (Å²) in [6, 6.07) is 11.1. The van der Waals surface area contributed by atoms with Crippen LogP contribution in [-0.4, -0.2) is 31.1 Å². The Balaban J connectivity index is 2.01. The molecular formula is C21H25ClN2O3S. The Morgan fingerprint density at radius 3 is 2.71 bits per heavy atom. The third kappa shape index (κ3) is 6.77. The highest BCUT2D eigenvalue weighted by Crippen LogP contribution is 2.28. The van der Waals surface area contributed by atoms with E-state index in [0.29, 0.717) is 16.5 Å². The van der Waals surface area contributed by atoms with Crippen molar-refractivity contribution in [2.45, 2.75) is 38.2 Å². The van der Waals surface area contributed by atoms with Gasteiger partial charge >= 0.3 is 0 Å². The first kappa shape index (κ1) is 22.1. The third-order valence-corrected chi connectivity index (χ3v) is 4.86. The molecule has 1 N–H and O–H groups in total. The number of rotatable bonds is 9. The number of benzene rings is 2. The number of hydrogen-bond acceptors (Lipinski definition) is 5. The Morgan fingerprint density at radius 1 is 1.25 bits per heavy atom. The second kappa shape index (κ2) is 11.0. The molecule has 1 amide bonds. The number of nitrogens with zero attached hydrogens (tertiary/aromatic N) is 1. The average Bonchev–Trinajstić information content (AvgIpc) is 2.64. The predicted molar refractivity (Wildman–Crippen MR) is 116 cm³/mol. The number of carbonyl (C=O) groups is 1. The number of ether oxygens (including phenoxy) is 2. The maximum absolute atomic E-state index is 12.2. The number of halogens is 1. The standard InChI is InChI=1S/C21H25ClN2O3S/c1-5-28-20-9-7-17(22)11-16(20)12-21(25)24-23-13-15-6-8-18(27-14(2)3)19(10-15)26-4/h6-11,13-14H,5,12H2,1-4H3,(H,24,25)/b23-13-. The summed E-state index contributed by atoms with van der Waals surface area (Å²) >= 11 is 7.74. The van der Waals surface area contributed by atoms with E-state index in [-0.39, 0.29) is 18.4 Å². The van der Waals surface area contributed by atoms with E-state index < -0.39 is 0 Å². The van der Waals surface area contributed by atoms with Crippen LogP contribution in [0.15, 0.2) is 46.4 Å². The molecule has 0 bridgehead atoms. The average molecular weight is 421 g/mol. The molecule has 0 unspecified atom stereocenters. The number of hydrazone groups is 1. The van der Waals surface area contributed by atoms with Crippen molar-refractivity contribution in [3.63, 3.8) is 0 Å². The molecule has 0 aliphatic heterocycles. The lowest BCUT2D eigenvalue weighted by Crippen LogP contribution is -2.20. The van der Waals surface area contributed by atoms with Crippen molar-refractivity contribution >= 4 is 35.5 Å². The summed E-state index contributed by atoms with van der Waals surface area (Å²) in [7, 11) is 1.59. The number of thioether (sulfide) groups is 1. The van der Waals surface area contributed by atoms with Crippen molar-refractivity contribution < 1.29 is 14.3 Å². The number of amides is 1. The number of carbonyl (C=O) groups excluding carboxylic acids is 1. The van der Waals surface area contributed by atoms with Gasteiger partial charge in [-0.2, -0.15) is 5.10 Å². The van der Waals surface area contributed by atoms with Gasteiger partial charge in [0.25, 0.3) is 0 Å². The fourth-order valence-corrected chi connectivity index (χ4v) is 3.48. The van der Waals surface area contributed by atoms with Gasteiger partial charge in [-0.05, 0) is 67.1 Å². The monoisotopic (exact) mass is 420 g/mol. The first-order valence-corrected chi connectivity index (χ1v) is 10.4. The minimum Gasteiger partial charge on any atom is -0.493 e. The van der Waals surface area contributed by atoms with Crippen LogP contribution in [0.4, 0.5) is 0 Å². The summed E-state index contributed by atoms with van der Waals surface area (Å²) in [5.41, 5.74) is 4.24. The number of methoxy groups -OCH3 is 1. The van der Waals surface area contributed by atoms with Crippen molar-refractivity contribution in [1.29, 1.82) is 0 Å². The van der Waals surface area contributed by atoms with Gasteiger partial charge in [0.1, 0.15) is 0 Å². The highest BCUT2D eigenvalue weighted by Gasteiger charge is 2.09. The normalized spacial score (nSPS) is 11.1. The maximum Gasteiger partial charge on any atom is 0.244 e. The lowest BCUT2D eigenvalue weighted by molar-refractivity contribution is -0.120. The van der Waals surface area contributed by atoms with Crippen LogP contribution in [0.2, 0.25) is 5.02 Å². The third-order valence-electron chi connectivity index (χ3n) is 3.63. The molecule has 7 heteroatoms. The molecule has 150 valence electrons. The van der Waals surface area contributed by atoms with Crippen LogP contribution in [0, 0.1) is 0 Å². The van der Waals surface area contributed by atoms with E-state index in [1.54, 1.807) is 31.2 Å². The summed E-state index contributed by atoms with van der Waals surface area (Å²) in [4.78, 5) is 13.3.